The smallest absolute Gasteiger partial charge is 0.0320 e. The Morgan fingerprint density at radius 1 is 1.50 bits per heavy atom. The third-order valence-corrected chi connectivity index (χ3v) is 1.47. The minimum atomic E-state index is 0.769. The van der Waals surface area contributed by atoms with Crippen LogP contribution in [0.3, 0.4) is 0 Å². The number of hydrogen-bond donors (Lipinski definition) is 1. The highest BCUT2D eigenvalue weighted by Gasteiger charge is 1.82. The first-order valence-corrected chi connectivity index (χ1v) is 3.29. The molecule has 1 nitrogen and oxygen atoms in total. The van der Waals surface area contributed by atoms with Crippen LogP contribution in [0, 0.1) is 9.64 Å². The molecule has 0 bridgehead atoms. The van der Waals surface area contributed by atoms with Crippen LogP contribution in [0.25, 0.3) is 0 Å². The summed E-state index contributed by atoms with van der Waals surface area (Å²) in [6, 6.07) is 8.51. The van der Waals surface area contributed by atoms with E-state index in [0.717, 1.165) is 9.26 Å². The monoisotopic (exact) mass is 218 g/mol. The summed E-state index contributed by atoms with van der Waals surface area (Å²) in [5.74, 6) is 0. The maximum absolute atomic E-state index is 5.39. The van der Waals surface area contributed by atoms with Gasteiger partial charge in [-0.25, -0.2) is 0 Å². The lowest BCUT2D eigenvalue weighted by atomic mass is 10.3. The Bertz CT molecular complexity index is 147. The number of hydrogen-bond acceptors (Lipinski definition) is 1. The van der Waals surface area contributed by atoms with E-state index in [-0.39, 0.29) is 0 Å². The molecule has 1 aromatic rings. The molecule has 0 aliphatic rings. The van der Waals surface area contributed by atoms with Crippen LogP contribution in [0.1, 0.15) is 0 Å². The zero-order valence-corrected chi connectivity index (χ0v) is 6.34. The lowest BCUT2D eigenvalue weighted by Crippen LogP contribution is -1.82. The van der Waals surface area contributed by atoms with Crippen LogP contribution >= 0.6 is 22.6 Å². The maximum Gasteiger partial charge on any atom is 0.0320 e. The summed E-state index contributed by atoms with van der Waals surface area (Å²) < 4.78 is 1.09. The Kier molecular flexibility index (Phi) is 1.73. The van der Waals surface area contributed by atoms with Crippen LogP contribution in [0.5, 0.6) is 0 Å². The Balaban J connectivity index is 3.03. The molecular weight excluding hydrogens is 213 g/mol. The molecule has 0 saturated carbocycles. The molecule has 0 aliphatic heterocycles. The molecule has 0 atom stereocenters. The van der Waals surface area contributed by atoms with Gasteiger partial charge in [0.05, 0.1) is 0 Å². The number of benzene rings is 1. The van der Waals surface area contributed by atoms with E-state index < -0.39 is 0 Å². The number of anilines is 1. The van der Waals surface area contributed by atoms with Crippen molar-refractivity contribution in [3.63, 3.8) is 0 Å². The number of halogens is 1. The molecule has 2 heteroatoms. The molecule has 0 unspecified atom stereocenters. The van der Waals surface area contributed by atoms with Gasteiger partial charge in [0, 0.05) is 9.26 Å². The van der Waals surface area contributed by atoms with Crippen molar-refractivity contribution >= 4 is 28.3 Å². The molecule has 1 aromatic carbocycles. The lowest BCUT2D eigenvalue weighted by molar-refractivity contribution is 1.62. The van der Waals surface area contributed by atoms with Gasteiger partial charge in [0.2, 0.25) is 0 Å². The molecule has 1 rings (SSSR count). The molecule has 0 aromatic heterocycles. The van der Waals surface area contributed by atoms with E-state index in [1.54, 1.807) is 6.07 Å². The minimum absolute atomic E-state index is 0.769. The average Bonchev–Trinajstić information content (AvgIpc) is 1.77. The number of nitrogen functional groups attached to an aromatic ring is 1. The Labute approximate surface area is 62.0 Å². The van der Waals surface area contributed by atoms with Crippen LogP contribution in [-0.4, -0.2) is 0 Å². The molecular formula is C6H5IN. The van der Waals surface area contributed by atoms with Crippen LogP contribution in [-0.2, 0) is 0 Å². The minimum Gasteiger partial charge on any atom is -0.399 e. The molecule has 0 fully saturated rings. The van der Waals surface area contributed by atoms with E-state index in [0.29, 0.717) is 0 Å². The average molecular weight is 218 g/mol. The highest BCUT2D eigenvalue weighted by atomic mass is 127. The fraction of sp³-hybridized carbons (Fsp3) is 0. The van der Waals surface area contributed by atoms with Crippen molar-refractivity contribution in [2.24, 2.45) is 0 Å². The summed E-state index contributed by atoms with van der Waals surface area (Å²) in [4.78, 5) is 0. The maximum atomic E-state index is 5.39. The van der Waals surface area contributed by atoms with Gasteiger partial charge < -0.3 is 5.73 Å². The molecule has 0 spiro atoms. The molecule has 8 heavy (non-hydrogen) atoms. The molecule has 0 amide bonds. The SMILES string of the molecule is Nc1c[c]c(I)cc1. The van der Waals surface area contributed by atoms with Crippen molar-refractivity contribution in [1.82, 2.24) is 0 Å². The van der Waals surface area contributed by atoms with Crippen molar-refractivity contribution in [3.05, 3.63) is 27.8 Å². The summed E-state index contributed by atoms with van der Waals surface area (Å²) in [6.07, 6.45) is 0. The van der Waals surface area contributed by atoms with Crippen LogP contribution in [0.4, 0.5) is 5.69 Å². The highest BCUT2D eigenvalue weighted by Crippen LogP contribution is 2.05. The molecule has 0 aliphatic carbocycles. The van der Waals surface area contributed by atoms with E-state index in [4.69, 9.17) is 5.73 Å². The summed E-state index contributed by atoms with van der Waals surface area (Å²) in [6.45, 7) is 0. The summed E-state index contributed by atoms with van der Waals surface area (Å²) >= 11 is 2.19. The fourth-order valence-electron chi connectivity index (χ4n) is 0.418. The van der Waals surface area contributed by atoms with Gasteiger partial charge in [-0.1, -0.05) is 0 Å². The van der Waals surface area contributed by atoms with E-state index in [2.05, 4.69) is 28.7 Å². The Hall–Kier alpha value is -0.250. The molecule has 1 radical (unpaired) electrons. The van der Waals surface area contributed by atoms with Crippen molar-refractivity contribution in [3.8, 4) is 0 Å². The zero-order valence-electron chi connectivity index (χ0n) is 4.19. The topological polar surface area (TPSA) is 26.0 Å². The zero-order chi connectivity index (χ0) is 5.98. The van der Waals surface area contributed by atoms with E-state index in [1.165, 1.54) is 0 Å². The predicted octanol–water partition coefficient (Wildman–Crippen LogP) is 1.67. The van der Waals surface area contributed by atoms with Crippen molar-refractivity contribution in [1.29, 1.82) is 0 Å². The van der Waals surface area contributed by atoms with Gasteiger partial charge in [-0.15, -0.1) is 0 Å². The molecule has 0 heterocycles. The first-order valence-electron chi connectivity index (χ1n) is 2.22. The third kappa shape index (κ3) is 1.36. The number of nitrogens with two attached hydrogens (primary N) is 1. The molecule has 0 saturated heterocycles. The first-order chi connectivity index (χ1) is 3.79. The second kappa shape index (κ2) is 2.35. The van der Waals surface area contributed by atoms with Crippen LogP contribution in [0.15, 0.2) is 18.2 Å². The second-order valence-electron chi connectivity index (χ2n) is 1.47. The Morgan fingerprint density at radius 3 is 2.62 bits per heavy atom. The van der Waals surface area contributed by atoms with Crippen molar-refractivity contribution < 1.29 is 0 Å². The lowest BCUT2D eigenvalue weighted by Gasteiger charge is -1.88. The van der Waals surface area contributed by atoms with Gasteiger partial charge in [-0.05, 0) is 46.9 Å². The highest BCUT2D eigenvalue weighted by molar-refractivity contribution is 14.1. The summed E-state index contributed by atoms with van der Waals surface area (Å²) in [5, 5.41) is 0. The summed E-state index contributed by atoms with van der Waals surface area (Å²) in [7, 11) is 0. The van der Waals surface area contributed by atoms with Gasteiger partial charge >= 0.3 is 0 Å². The van der Waals surface area contributed by atoms with E-state index in [9.17, 15) is 0 Å². The van der Waals surface area contributed by atoms with Crippen LogP contribution in [0.2, 0.25) is 0 Å². The van der Waals surface area contributed by atoms with E-state index >= 15 is 0 Å². The Morgan fingerprint density at radius 2 is 2.25 bits per heavy atom. The van der Waals surface area contributed by atoms with Gasteiger partial charge in [0.15, 0.2) is 0 Å². The van der Waals surface area contributed by atoms with Gasteiger partial charge in [-0.2, -0.15) is 0 Å². The third-order valence-electron chi connectivity index (χ3n) is 0.799. The van der Waals surface area contributed by atoms with Crippen molar-refractivity contribution in [2.45, 2.75) is 0 Å². The van der Waals surface area contributed by atoms with Crippen molar-refractivity contribution in [2.75, 3.05) is 5.73 Å². The molecule has 41 valence electrons. The quantitative estimate of drug-likeness (QED) is 0.520. The second-order valence-corrected chi connectivity index (χ2v) is 2.63. The predicted molar refractivity (Wildman–Crippen MR) is 42.4 cm³/mol. The van der Waals surface area contributed by atoms with Gasteiger partial charge in [-0.3, -0.25) is 0 Å². The van der Waals surface area contributed by atoms with E-state index in [1.807, 2.05) is 12.1 Å². The normalized spacial score (nSPS) is 9.12. The van der Waals surface area contributed by atoms with Crippen LogP contribution < -0.4 is 5.73 Å². The van der Waals surface area contributed by atoms with Gasteiger partial charge in [0.25, 0.3) is 0 Å². The summed E-state index contributed by atoms with van der Waals surface area (Å²) in [5.41, 5.74) is 6.16. The first kappa shape index (κ1) is 5.88. The largest absolute Gasteiger partial charge is 0.399 e. The molecule has 2 N–H and O–H groups in total. The van der Waals surface area contributed by atoms with Gasteiger partial charge in [0.1, 0.15) is 0 Å². The number of rotatable bonds is 0. The standard InChI is InChI=1S/C6H5IN/c7-5-1-3-6(8)4-2-5/h1,3-4H,8H2. The fourth-order valence-corrected chi connectivity index (χ4v) is 0.753.